The fraction of sp³-hybridized carbons (Fsp3) is 0.500. The molecule has 2 aromatic rings. The molecule has 0 saturated carbocycles. The highest BCUT2D eigenvalue weighted by Gasteiger charge is 2.17. The number of nitrogens with one attached hydrogen (secondary N) is 2. The molecule has 0 spiro atoms. The molecule has 0 radical (unpaired) electrons. The molecule has 1 amide bonds. The van der Waals surface area contributed by atoms with E-state index < -0.39 is 0 Å². The largest absolute Gasteiger partial charge is 0.354 e. The predicted octanol–water partition coefficient (Wildman–Crippen LogP) is 1.46. The molecule has 5 heteroatoms. The van der Waals surface area contributed by atoms with Crippen molar-refractivity contribution in [3.63, 3.8) is 0 Å². The molecule has 1 aliphatic heterocycles. The van der Waals surface area contributed by atoms with E-state index in [0.717, 1.165) is 42.9 Å². The Morgan fingerprint density at radius 1 is 1.48 bits per heavy atom. The van der Waals surface area contributed by atoms with Crippen LogP contribution in [0.5, 0.6) is 0 Å². The highest BCUT2D eigenvalue weighted by Crippen LogP contribution is 2.15. The van der Waals surface area contributed by atoms with E-state index in [1.807, 2.05) is 25.1 Å². The number of aromatic nitrogens is 2. The molecule has 5 nitrogen and oxygen atoms in total. The third-order valence-corrected chi connectivity index (χ3v) is 4.14. The lowest BCUT2D eigenvalue weighted by Gasteiger charge is -2.11. The maximum atomic E-state index is 11.9. The van der Waals surface area contributed by atoms with Crippen LogP contribution in [0.4, 0.5) is 0 Å². The van der Waals surface area contributed by atoms with Gasteiger partial charge in [-0.25, -0.2) is 4.98 Å². The fourth-order valence-electron chi connectivity index (χ4n) is 3.01. The van der Waals surface area contributed by atoms with Crippen molar-refractivity contribution in [3.8, 4) is 0 Å². The van der Waals surface area contributed by atoms with Crippen LogP contribution in [-0.4, -0.2) is 35.1 Å². The number of hydrogen-bond acceptors (Lipinski definition) is 3. The number of amides is 1. The molecule has 1 saturated heterocycles. The standard InChI is InChI=1S/C16H22N4O/c1-12-19-14-4-2-3-5-15(14)20(12)9-8-18-16(21)10-13-6-7-17-11-13/h2-5,13,17H,6-11H2,1H3,(H,18,21). The van der Waals surface area contributed by atoms with Crippen LogP contribution in [0.3, 0.4) is 0 Å². The second kappa shape index (κ2) is 6.26. The predicted molar refractivity (Wildman–Crippen MR) is 83.1 cm³/mol. The lowest BCUT2D eigenvalue weighted by atomic mass is 10.0. The molecule has 0 bridgehead atoms. The molecular formula is C16H22N4O. The monoisotopic (exact) mass is 286 g/mol. The van der Waals surface area contributed by atoms with Crippen molar-refractivity contribution >= 4 is 16.9 Å². The van der Waals surface area contributed by atoms with Gasteiger partial charge >= 0.3 is 0 Å². The first-order valence-corrected chi connectivity index (χ1v) is 7.63. The van der Waals surface area contributed by atoms with E-state index in [2.05, 4.69) is 26.3 Å². The van der Waals surface area contributed by atoms with Crippen LogP contribution in [0.25, 0.3) is 11.0 Å². The second-order valence-electron chi connectivity index (χ2n) is 5.71. The zero-order valence-corrected chi connectivity index (χ0v) is 12.4. The zero-order valence-electron chi connectivity index (χ0n) is 12.4. The van der Waals surface area contributed by atoms with E-state index in [0.29, 0.717) is 18.9 Å². The van der Waals surface area contributed by atoms with Gasteiger partial charge in [-0.1, -0.05) is 12.1 Å². The Labute approximate surface area is 124 Å². The number of hydrogen-bond donors (Lipinski definition) is 2. The molecule has 1 aromatic heterocycles. The first-order chi connectivity index (χ1) is 10.2. The van der Waals surface area contributed by atoms with Crippen molar-refractivity contribution in [3.05, 3.63) is 30.1 Å². The minimum absolute atomic E-state index is 0.158. The van der Waals surface area contributed by atoms with E-state index in [1.54, 1.807) is 0 Å². The fourth-order valence-corrected chi connectivity index (χ4v) is 3.01. The van der Waals surface area contributed by atoms with Gasteiger partial charge in [0.25, 0.3) is 0 Å². The number of para-hydroxylation sites is 2. The van der Waals surface area contributed by atoms with Crippen molar-refractivity contribution < 1.29 is 4.79 Å². The Morgan fingerprint density at radius 3 is 3.14 bits per heavy atom. The lowest BCUT2D eigenvalue weighted by molar-refractivity contribution is -0.121. The number of rotatable bonds is 5. The van der Waals surface area contributed by atoms with E-state index >= 15 is 0 Å². The van der Waals surface area contributed by atoms with Gasteiger partial charge in [-0.05, 0) is 44.5 Å². The SMILES string of the molecule is Cc1nc2ccccc2n1CCNC(=O)CC1CCNC1. The topological polar surface area (TPSA) is 59.0 Å². The van der Waals surface area contributed by atoms with Gasteiger partial charge in [-0.2, -0.15) is 0 Å². The minimum atomic E-state index is 0.158. The number of aryl methyl sites for hydroxylation is 1. The number of nitrogens with zero attached hydrogens (tertiary/aromatic N) is 2. The molecular weight excluding hydrogens is 264 g/mol. The smallest absolute Gasteiger partial charge is 0.220 e. The van der Waals surface area contributed by atoms with E-state index in [4.69, 9.17) is 0 Å². The molecule has 112 valence electrons. The minimum Gasteiger partial charge on any atom is -0.354 e. The van der Waals surface area contributed by atoms with Crippen molar-refractivity contribution in [2.75, 3.05) is 19.6 Å². The van der Waals surface area contributed by atoms with Crippen molar-refractivity contribution in [1.82, 2.24) is 20.2 Å². The Morgan fingerprint density at radius 2 is 2.33 bits per heavy atom. The quantitative estimate of drug-likeness (QED) is 0.875. The maximum Gasteiger partial charge on any atom is 0.220 e. The molecule has 1 atom stereocenters. The maximum absolute atomic E-state index is 11.9. The zero-order chi connectivity index (χ0) is 14.7. The molecule has 3 rings (SSSR count). The first kappa shape index (κ1) is 14.1. The summed E-state index contributed by atoms with van der Waals surface area (Å²) in [7, 11) is 0. The summed E-state index contributed by atoms with van der Waals surface area (Å²) in [6.07, 6.45) is 1.75. The van der Waals surface area contributed by atoms with Gasteiger partial charge in [0, 0.05) is 19.5 Å². The van der Waals surface area contributed by atoms with Crippen molar-refractivity contribution in [2.45, 2.75) is 26.3 Å². The van der Waals surface area contributed by atoms with Gasteiger partial charge in [0.15, 0.2) is 0 Å². The Kier molecular flexibility index (Phi) is 4.20. The van der Waals surface area contributed by atoms with Crippen LogP contribution in [0.2, 0.25) is 0 Å². The Balaban J connectivity index is 1.54. The van der Waals surface area contributed by atoms with Crippen LogP contribution < -0.4 is 10.6 Å². The van der Waals surface area contributed by atoms with Crippen LogP contribution in [0.1, 0.15) is 18.7 Å². The highest BCUT2D eigenvalue weighted by molar-refractivity contribution is 5.77. The van der Waals surface area contributed by atoms with Gasteiger partial charge in [0.2, 0.25) is 5.91 Å². The van der Waals surface area contributed by atoms with Gasteiger partial charge in [0.1, 0.15) is 5.82 Å². The molecule has 1 unspecified atom stereocenters. The summed E-state index contributed by atoms with van der Waals surface area (Å²) in [5.74, 6) is 1.65. The average Bonchev–Trinajstić information content (AvgIpc) is 3.07. The van der Waals surface area contributed by atoms with Crippen LogP contribution >= 0.6 is 0 Å². The molecule has 2 N–H and O–H groups in total. The summed E-state index contributed by atoms with van der Waals surface area (Å²) in [4.78, 5) is 16.4. The third kappa shape index (κ3) is 3.24. The van der Waals surface area contributed by atoms with Gasteiger partial charge in [-0.3, -0.25) is 4.79 Å². The number of benzene rings is 1. The molecule has 2 heterocycles. The summed E-state index contributed by atoms with van der Waals surface area (Å²) in [5, 5.41) is 6.32. The lowest BCUT2D eigenvalue weighted by Crippen LogP contribution is -2.29. The summed E-state index contributed by atoms with van der Waals surface area (Å²) in [5.41, 5.74) is 2.14. The summed E-state index contributed by atoms with van der Waals surface area (Å²) < 4.78 is 2.16. The Bertz CT molecular complexity index is 628. The number of fused-ring (bicyclic) bond motifs is 1. The van der Waals surface area contributed by atoms with Crippen LogP contribution in [-0.2, 0) is 11.3 Å². The summed E-state index contributed by atoms with van der Waals surface area (Å²) >= 11 is 0. The molecule has 1 fully saturated rings. The highest BCUT2D eigenvalue weighted by atomic mass is 16.1. The molecule has 1 aliphatic rings. The second-order valence-corrected chi connectivity index (χ2v) is 5.71. The number of imidazole rings is 1. The van der Waals surface area contributed by atoms with E-state index in [1.165, 1.54) is 0 Å². The average molecular weight is 286 g/mol. The van der Waals surface area contributed by atoms with Gasteiger partial charge in [0.05, 0.1) is 11.0 Å². The number of carbonyl (C=O) groups is 1. The van der Waals surface area contributed by atoms with Gasteiger partial charge in [-0.15, -0.1) is 0 Å². The third-order valence-electron chi connectivity index (χ3n) is 4.14. The van der Waals surface area contributed by atoms with Crippen LogP contribution in [0, 0.1) is 12.8 Å². The van der Waals surface area contributed by atoms with Gasteiger partial charge < -0.3 is 15.2 Å². The van der Waals surface area contributed by atoms with Crippen molar-refractivity contribution in [1.29, 1.82) is 0 Å². The van der Waals surface area contributed by atoms with Crippen molar-refractivity contribution in [2.24, 2.45) is 5.92 Å². The molecule has 0 aliphatic carbocycles. The van der Waals surface area contributed by atoms with E-state index in [-0.39, 0.29) is 5.91 Å². The van der Waals surface area contributed by atoms with Crippen LogP contribution in [0.15, 0.2) is 24.3 Å². The number of carbonyl (C=O) groups excluding carboxylic acids is 1. The molecule has 21 heavy (non-hydrogen) atoms. The Hall–Kier alpha value is -1.88. The van der Waals surface area contributed by atoms with E-state index in [9.17, 15) is 4.79 Å². The molecule has 1 aromatic carbocycles. The first-order valence-electron chi connectivity index (χ1n) is 7.63. The normalized spacial score (nSPS) is 18.2. The summed E-state index contributed by atoms with van der Waals surface area (Å²) in [6, 6.07) is 8.11. The summed E-state index contributed by atoms with van der Waals surface area (Å²) in [6.45, 7) is 5.43.